The summed E-state index contributed by atoms with van der Waals surface area (Å²) in [7, 11) is 2.08. The Labute approximate surface area is 196 Å². The molecule has 4 rings (SSSR count). The zero-order valence-electron chi connectivity index (χ0n) is 18.8. The molecule has 0 amide bonds. The molecule has 1 aromatic rings. The van der Waals surface area contributed by atoms with Crippen molar-refractivity contribution in [1.82, 2.24) is 4.90 Å². The van der Waals surface area contributed by atoms with Crippen LogP contribution in [0.25, 0.3) is 0 Å². The third kappa shape index (κ3) is 5.04. The van der Waals surface area contributed by atoms with Gasteiger partial charge in [-0.25, -0.2) is 4.79 Å². The van der Waals surface area contributed by atoms with Crippen LogP contribution in [0, 0.1) is 0 Å². The molecule has 3 aliphatic heterocycles. The molecular formula is C23H31NO10. The number of aromatic hydroxyl groups is 1. The maximum Gasteiger partial charge on any atom is 0.335 e. The fourth-order valence-corrected chi connectivity index (χ4v) is 5.09. The third-order valence-electron chi connectivity index (χ3n) is 7.16. The number of nitrogens with zero attached hydrogens (tertiary/aromatic N) is 1. The second-order valence-electron chi connectivity index (χ2n) is 9.29. The number of piperidine rings is 1. The number of carbonyl (C=O) groups is 2. The number of fused-ring (bicyclic) bond motifs is 2. The Morgan fingerprint density at radius 1 is 1.06 bits per heavy atom. The minimum Gasteiger partial charge on any atom is -0.508 e. The lowest BCUT2D eigenvalue weighted by Gasteiger charge is -2.39. The Balaban J connectivity index is 1.46. The number of carboxylic acid groups (broad SMARTS) is 1. The van der Waals surface area contributed by atoms with Crippen LogP contribution in [-0.4, -0.2) is 105 Å². The van der Waals surface area contributed by atoms with Gasteiger partial charge in [0.15, 0.2) is 12.4 Å². The van der Waals surface area contributed by atoms with Crippen LogP contribution in [-0.2, 0) is 23.8 Å². The predicted molar refractivity (Wildman–Crippen MR) is 115 cm³/mol. The highest BCUT2D eigenvalue weighted by atomic mass is 16.7. The molecule has 0 aromatic heterocycles. The van der Waals surface area contributed by atoms with Crippen LogP contribution in [0.1, 0.15) is 37.2 Å². The lowest BCUT2D eigenvalue weighted by molar-refractivity contribution is -0.294. The van der Waals surface area contributed by atoms with Gasteiger partial charge in [-0.3, -0.25) is 4.79 Å². The number of benzene rings is 1. The smallest absolute Gasteiger partial charge is 0.335 e. The van der Waals surface area contributed by atoms with Crippen molar-refractivity contribution >= 4 is 11.9 Å². The summed E-state index contributed by atoms with van der Waals surface area (Å²) in [6.07, 6.45) is -5.43. The van der Waals surface area contributed by atoms with E-state index in [0.29, 0.717) is 17.6 Å². The van der Waals surface area contributed by atoms with Crippen LogP contribution in [0.2, 0.25) is 0 Å². The minimum atomic E-state index is -1.84. The number of ether oxygens (including phenoxy) is 3. The summed E-state index contributed by atoms with van der Waals surface area (Å²) in [6, 6.07) is 6.65. The zero-order chi connectivity index (χ0) is 24.6. The van der Waals surface area contributed by atoms with Gasteiger partial charge < -0.3 is 44.6 Å². The number of aliphatic hydroxyl groups is 3. The second kappa shape index (κ2) is 10.1. The lowest BCUT2D eigenvalue weighted by Crippen LogP contribution is -2.60. The molecule has 188 valence electrons. The number of hydrogen-bond donors (Lipinski definition) is 5. The van der Waals surface area contributed by atoms with Crippen molar-refractivity contribution in [3.8, 4) is 5.75 Å². The van der Waals surface area contributed by atoms with E-state index in [1.807, 2.05) is 0 Å². The van der Waals surface area contributed by atoms with Crippen molar-refractivity contribution in [2.45, 2.75) is 80.5 Å². The topological polar surface area (TPSA) is 166 Å². The summed E-state index contributed by atoms with van der Waals surface area (Å²) in [5, 5.41) is 48.9. The molecule has 0 spiro atoms. The van der Waals surface area contributed by atoms with Gasteiger partial charge in [-0.05, 0) is 50.4 Å². The molecular weight excluding hydrogens is 450 g/mol. The SMILES string of the molecule is CN1[C@@H]2CC[C@H]1CC(OC(=O)C(CO[C@@H]1O[C@H](C(=O)O)[C@@H](O)[C@H](O)[C@H]1O)c1ccc(O)cc1)C2. The van der Waals surface area contributed by atoms with Crippen molar-refractivity contribution < 1.29 is 49.3 Å². The third-order valence-corrected chi connectivity index (χ3v) is 7.16. The number of phenols is 1. The summed E-state index contributed by atoms with van der Waals surface area (Å²) >= 11 is 0. The van der Waals surface area contributed by atoms with Crippen LogP contribution >= 0.6 is 0 Å². The maximum atomic E-state index is 13.2. The summed E-state index contributed by atoms with van der Waals surface area (Å²) < 4.78 is 16.5. The second-order valence-corrected chi connectivity index (χ2v) is 9.29. The van der Waals surface area contributed by atoms with Crippen LogP contribution in [0.5, 0.6) is 5.75 Å². The zero-order valence-corrected chi connectivity index (χ0v) is 18.8. The average molecular weight is 481 g/mol. The van der Waals surface area contributed by atoms with Gasteiger partial charge in [0.2, 0.25) is 0 Å². The van der Waals surface area contributed by atoms with Gasteiger partial charge in [0, 0.05) is 12.1 Å². The fraction of sp³-hybridized carbons (Fsp3) is 0.652. The molecule has 0 saturated carbocycles. The molecule has 3 aliphatic rings. The molecule has 0 radical (unpaired) electrons. The Bertz CT molecular complexity index is 865. The van der Waals surface area contributed by atoms with Gasteiger partial charge in [0.05, 0.1) is 6.61 Å². The van der Waals surface area contributed by atoms with E-state index in [9.17, 15) is 35.1 Å². The first-order chi connectivity index (χ1) is 16.2. The molecule has 3 heterocycles. The molecule has 2 bridgehead atoms. The summed E-state index contributed by atoms with van der Waals surface area (Å²) in [5.74, 6) is -3.03. The van der Waals surface area contributed by atoms with E-state index >= 15 is 0 Å². The Morgan fingerprint density at radius 3 is 2.26 bits per heavy atom. The Morgan fingerprint density at radius 2 is 1.68 bits per heavy atom. The highest BCUT2D eigenvalue weighted by Gasteiger charge is 2.48. The first-order valence-electron chi connectivity index (χ1n) is 11.4. The van der Waals surface area contributed by atoms with Gasteiger partial charge in [0.1, 0.15) is 36.1 Å². The van der Waals surface area contributed by atoms with Gasteiger partial charge in [-0.2, -0.15) is 0 Å². The number of rotatable bonds is 7. The molecule has 11 heteroatoms. The number of aliphatic hydroxyl groups excluding tert-OH is 3. The monoisotopic (exact) mass is 481 g/mol. The van der Waals surface area contributed by atoms with Crippen LogP contribution in [0.3, 0.4) is 0 Å². The van der Waals surface area contributed by atoms with E-state index in [0.717, 1.165) is 25.7 Å². The Hall–Kier alpha value is -2.28. The summed E-state index contributed by atoms with van der Waals surface area (Å²) in [5.41, 5.74) is 0.486. The first kappa shape index (κ1) is 24.8. The van der Waals surface area contributed by atoms with Crippen molar-refractivity contribution in [3.05, 3.63) is 29.8 Å². The molecule has 9 atom stereocenters. The van der Waals surface area contributed by atoms with Crippen molar-refractivity contribution in [1.29, 1.82) is 0 Å². The normalized spacial score (nSPS) is 36.7. The van der Waals surface area contributed by atoms with E-state index < -0.39 is 48.6 Å². The van der Waals surface area contributed by atoms with Crippen molar-refractivity contribution in [2.24, 2.45) is 0 Å². The minimum absolute atomic E-state index is 0.0103. The largest absolute Gasteiger partial charge is 0.508 e. The quantitative estimate of drug-likeness (QED) is 0.320. The summed E-state index contributed by atoms with van der Waals surface area (Å²) in [6.45, 7) is -0.347. The van der Waals surface area contributed by atoms with Gasteiger partial charge in [-0.15, -0.1) is 0 Å². The average Bonchev–Trinajstić information content (AvgIpc) is 3.00. The Kier molecular flexibility index (Phi) is 7.41. The van der Waals surface area contributed by atoms with E-state index in [1.54, 1.807) is 12.1 Å². The van der Waals surface area contributed by atoms with Gasteiger partial charge >= 0.3 is 11.9 Å². The molecule has 34 heavy (non-hydrogen) atoms. The fourth-order valence-electron chi connectivity index (χ4n) is 5.09. The van der Waals surface area contributed by atoms with E-state index in [-0.39, 0.29) is 18.5 Å². The highest BCUT2D eigenvalue weighted by Crippen LogP contribution is 2.36. The van der Waals surface area contributed by atoms with Crippen molar-refractivity contribution in [2.75, 3.05) is 13.7 Å². The number of esters is 1. The van der Waals surface area contributed by atoms with Crippen LogP contribution in [0.4, 0.5) is 0 Å². The number of hydrogen-bond acceptors (Lipinski definition) is 10. The van der Waals surface area contributed by atoms with Crippen LogP contribution < -0.4 is 0 Å². The predicted octanol–water partition coefficient (Wildman–Crippen LogP) is -0.447. The number of aliphatic carboxylic acids is 1. The van der Waals surface area contributed by atoms with Crippen molar-refractivity contribution in [3.63, 3.8) is 0 Å². The number of carbonyl (C=O) groups excluding carboxylic acids is 1. The molecule has 1 aromatic carbocycles. The molecule has 5 N–H and O–H groups in total. The summed E-state index contributed by atoms with van der Waals surface area (Å²) in [4.78, 5) is 26.8. The standard InChI is InChI=1S/C23H31NO10/c1-24-12-4-5-13(24)9-15(8-12)33-22(31)16(11-2-6-14(25)7-3-11)10-32-23-19(28)17(26)18(27)20(34-23)21(29)30/h2-3,6-7,12-13,15-20,23,25-28H,4-5,8-10H2,1H3,(H,29,30)/t12-,13+,15?,16?,17-,18-,19+,20-,23+/m0/s1. The first-order valence-corrected chi connectivity index (χ1v) is 11.4. The van der Waals surface area contributed by atoms with E-state index in [2.05, 4.69) is 11.9 Å². The van der Waals surface area contributed by atoms with Crippen LogP contribution in [0.15, 0.2) is 24.3 Å². The molecule has 0 aliphatic carbocycles. The molecule has 2 unspecified atom stereocenters. The highest BCUT2D eigenvalue weighted by molar-refractivity contribution is 5.78. The van der Waals surface area contributed by atoms with Gasteiger partial charge in [0.25, 0.3) is 0 Å². The van der Waals surface area contributed by atoms with Gasteiger partial charge in [-0.1, -0.05) is 12.1 Å². The lowest BCUT2D eigenvalue weighted by atomic mass is 9.97. The van der Waals surface area contributed by atoms with E-state index in [1.165, 1.54) is 12.1 Å². The molecule has 11 nitrogen and oxygen atoms in total. The maximum absolute atomic E-state index is 13.2. The number of carboxylic acids is 1. The number of phenolic OH excluding ortho intramolecular Hbond substituents is 1. The molecule has 3 fully saturated rings. The van der Waals surface area contributed by atoms with E-state index in [4.69, 9.17) is 14.2 Å². The molecule has 3 saturated heterocycles.